The molecule has 0 radical (unpaired) electrons. The Hall–Kier alpha value is -2.10. The van der Waals surface area contributed by atoms with Crippen LogP contribution >= 0.6 is 38.5 Å². The predicted molar refractivity (Wildman–Crippen MR) is 118 cm³/mol. The van der Waals surface area contributed by atoms with E-state index in [1.807, 2.05) is 78.9 Å². The lowest BCUT2D eigenvalue weighted by Gasteiger charge is -2.07. The van der Waals surface area contributed by atoms with Crippen molar-refractivity contribution in [1.82, 2.24) is 0 Å². The number of ether oxygens (including phenoxy) is 1. The number of rotatable bonds is 5. The highest BCUT2D eigenvalue weighted by Crippen LogP contribution is 2.22. The van der Waals surface area contributed by atoms with Crippen molar-refractivity contribution in [3.05, 3.63) is 97.5 Å². The van der Waals surface area contributed by atoms with Crippen molar-refractivity contribution in [2.45, 2.75) is 6.61 Å². The van der Waals surface area contributed by atoms with Gasteiger partial charge in [-0.05, 0) is 81.8 Å². The number of halogens is 2. The van der Waals surface area contributed by atoms with Crippen LogP contribution in [0.1, 0.15) is 16.7 Å². The van der Waals surface area contributed by atoms with E-state index in [2.05, 4.69) is 44.6 Å². The minimum absolute atomic E-state index is 0.503. The van der Waals surface area contributed by atoms with E-state index in [1.165, 1.54) is 0 Å². The number of benzene rings is 3. The van der Waals surface area contributed by atoms with Gasteiger partial charge in [-0.3, -0.25) is 0 Å². The molecule has 0 bridgehead atoms. The Morgan fingerprint density at radius 2 is 1.77 bits per heavy atom. The van der Waals surface area contributed by atoms with E-state index in [0.717, 1.165) is 30.5 Å². The van der Waals surface area contributed by atoms with E-state index in [9.17, 15) is 5.26 Å². The number of hydrogen-bond acceptors (Lipinski definition) is 2. The Morgan fingerprint density at radius 3 is 2.46 bits per heavy atom. The maximum absolute atomic E-state index is 9.50. The lowest BCUT2D eigenvalue weighted by atomic mass is 10.0. The van der Waals surface area contributed by atoms with Gasteiger partial charge in [0, 0.05) is 8.04 Å². The number of nitrogens with zero attached hydrogens (tertiary/aromatic N) is 1. The highest BCUT2D eigenvalue weighted by atomic mass is 127. The van der Waals surface area contributed by atoms with Crippen molar-refractivity contribution >= 4 is 50.2 Å². The summed E-state index contributed by atoms with van der Waals surface area (Å²) < 4.78 is 8.08. The van der Waals surface area contributed by atoms with E-state index in [-0.39, 0.29) is 0 Å². The first-order valence-electron chi connectivity index (χ1n) is 7.99. The SMILES string of the molecule is N#C/C(=C/c1cccc(OCc2ccc(Br)cc2)c1)c1ccc(I)cc1. The third-order valence-electron chi connectivity index (χ3n) is 3.76. The average Bonchev–Trinajstić information content (AvgIpc) is 2.67. The van der Waals surface area contributed by atoms with Gasteiger partial charge in [0.1, 0.15) is 12.4 Å². The molecule has 2 nitrogen and oxygen atoms in total. The molecule has 0 saturated heterocycles. The molecule has 3 rings (SSSR count). The molecule has 0 heterocycles. The van der Waals surface area contributed by atoms with Crippen LogP contribution in [0.5, 0.6) is 5.75 Å². The zero-order chi connectivity index (χ0) is 18.4. The number of allylic oxidation sites excluding steroid dienone is 1. The average molecular weight is 516 g/mol. The summed E-state index contributed by atoms with van der Waals surface area (Å²) in [5, 5.41) is 9.50. The molecule has 0 N–H and O–H groups in total. The first-order chi connectivity index (χ1) is 12.6. The van der Waals surface area contributed by atoms with Crippen LogP contribution < -0.4 is 4.74 Å². The van der Waals surface area contributed by atoms with Gasteiger partial charge in [0.2, 0.25) is 0 Å². The van der Waals surface area contributed by atoms with Gasteiger partial charge in [0.05, 0.1) is 11.6 Å². The van der Waals surface area contributed by atoms with Gasteiger partial charge >= 0.3 is 0 Å². The van der Waals surface area contributed by atoms with E-state index >= 15 is 0 Å². The quantitative estimate of drug-likeness (QED) is 0.215. The molecule has 0 aliphatic rings. The minimum Gasteiger partial charge on any atom is -0.489 e. The maximum Gasteiger partial charge on any atom is 0.120 e. The molecule has 0 atom stereocenters. The van der Waals surface area contributed by atoms with Gasteiger partial charge in [0.25, 0.3) is 0 Å². The summed E-state index contributed by atoms with van der Waals surface area (Å²) in [5.41, 5.74) is 3.58. The molecule has 0 unspecified atom stereocenters. The zero-order valence-electron chi connectivity index (χ0n) is 13.8. The smallest absolute Gasteiger partial charge is 0.120 e. The summed E-state index contributed by atoms with van der Waals surface area (Å²) in [6.45, 7) is 0.503. The summed E-state index contributed by atoms with van der Waals surface area (Å²) in [4.78, 5) is 0. The molecule has 4 heteroatoms. The van der Waals surface area contributed by atoms with E-state index < -0.39 is 0 Å². The molecule has 3 aromatic carbocycles. The van der Waals surface area contributed by atoms with Gasteiger partial charge in [0.15, 0.2) is 0 Å². The highest BCUT2D eigenvalue weighted by Gasteiger charge is 2.03. The molecule has 0 saturated carbocycles. The minimum atomic E-state index is 0.503. The van der Waals surface area contributed by atoms with Crippen molar-refractivity contribution in [3.63, 3.8) is 0 Å². The largest absolute Gasteiger partial charge is 0.489 e. The normalized spacial score (nSPS) is 11.0. The summed E-state index contributed by atoms with van der Waals surface area (Å²) in [5.74, 6) is 0.779. The number of nitriles is 1. The molecule has 128 valence electrons. The number of hydrogen-bond donors (Lipinski definition) is 0. The van der Waals surface area contributed by atoms with Crippen molar-refractivity contribution in [3.8, 4) is 11.8 Å². The Balaban J connectivity index is 1.76. The lowest BCUT2D eigenvalue weighted by Crippen LogP contribution is -1.95. The van der Waals surface area contributed by atoms with Crippen LogP contribution in [0.2, 0.25) is 0 Å². The molecule has 0 spiro atoms. The first-order valence-corrected chi connectivity index (χ1v) is 9.86. The summed E-state index contributed by atoms with van der Waals surface area (Å²) in [6.07, 6.45) is 1.88. The summed E-state index contributed by atoms with van der Waals surface area (Å²) >= 11 is 5.68. The first kappa shape index (κ1) is 18.7. The molecule has 0 aliphatic carbocycles. The Labute approximate surface area is 175 Å². The Kier molecular flexibility index (Phi) is 6.48. The third-order valence-corrected chi connectivity index (χ3v) is 5.01. The third kappa shape index (κ3) is 5.20. The second-order valence-corrected chi connectivity index (χ2v) is 7.83. The van der Waals surface area contributed by atoms with Gasteiger partial charge in [-0.1, -0.05) is 52.3 Å². The van der Waals surface area contributed by atoms with E-state index in [0.29, 0.717) is 12.2 Å². The van der Waals surface area contributed by atoms with Crippen LogP contribution in [0.25, 0.3) is 11.6 Å². The summed E-state index contributed by atoms with van der Waals surface area (Å²) in [6, 6.07) is 26.0. The topological polar surface area (TPSA) is 33.0 Å². The van der Waals surface area contributed by atoms with Gasteiger partial charge in [-0.2, -0.15) is 5.26 Å². The lowest BCUT2D eigenvalue weighted by molar-refractivity contribution is 0.306. The molecule has 0 aromatic heterocycles. The molecular weight excluding hydrogens is 501 g/mol. The fourth-order valence-corrected chi connectivity index (χ4v) is 3.04. The highest BCUT2D eigenvalue weighted by molar-refractivity contribution is 14.1. The van der Waals surface area contributed by atoms with E-state index in [4.69, 9.17) is 4.74 Å². The molecule has 26 heavy (non-hydrogen) atoms. The predicted octanol–water partition coefficient (Wildman–Crippen LogP) is 6.70. The van der Waals surface area contributed by atoms with Gasteiger partial charge < -0.3 is 4.74 Å². The fourth-order valence-electron chi connectivity index (χ4n) is 2.42. The molecule has 0 aliphatic heterocycles. The summed E-state index contributed by atoms with van der Waals surface area (Å²) in [7, 11) is 0. The van der Waals surface area contributed by atoms with Gasteiger partial charge in [-0.15, -0.1) is 0 Å². The van der Waals surface area contributed by atoms with Crippen molar-refractivity contribution in [2.75, 3.05) is 0 Å². The standard InChI is InChI=1S/C22H15BrINO/c23-20-8-4-16(5-9-20)15-26-22-3-1-2-17(13-22)12-19(14-25)18-6-10-21(24)11-7-18/h1-13H,15H2/b19-12-. The van der Waals surface area contributed by atoms with Crippen LogP contribution in [0.4, 0.5) is 0 Å². The zero-order valence-corrected chi connectivity index (χ0v) is 17.6. The van der Waals surface area contributed by atoms with Crippen LogP contribution in [0, 0.1) is 14.9 Å². The monoisotopic (exact) mass is 515 g/mol. The van der Waals surface area contributed by atoms with Gasteiger partial charge in [-0.25, -0.2) is 0 Å². The fraction of sp³-hybridized carbons (Fsp3) is 0.0455. The van der Waals surface area contributed by atoms with Crippen LogP contribution in [0.3, 0.4) is 0 Å². The molecular formula is C22H15BrINO. The van der Waals surface area contributed by atoms with E-state index in [1.54, 1.807) is 0 Å². The van der Waals surface area contributed by atoms with Crippen molar-refractivity contribution in [1.29, 1.82) is 5.26 Å². The van der Waals surface area contributed by atoms with Crippen molar-refractivity contribution in [2.24, 2.45) is 0 Å². The Bertz CT molecular complexity index is 957. The van der Waals surface area contributed by atoms with Crippen LogP contribution in [0.15, 0.2) is 77.3 Å². The Morgan fingerprint density at radius 1 is 1.04 bits per heavy atom. The van der Waals surface area contributed by atoms with Crippen molar-refractivity contribution < 1.29 is 4.74 Å². The second kappa shape index (κ2) is 9.02. The molecule has 3 aromatic rings. The second-order valence-electron chi connectivity index (χ2n) is 5.66. The van der Waals surface area contributed by atoms with Crippen LogP contribution in [-0.4, -0.2) is 0 Å². The molecule has 0 fully saturated rings. The van der Waals surface area contributed by atoms with Crippen LogP contribution in [-0.2, 0) is 6.61 Å². The maximum atomic E-state index is 9.50. The molecule has 0 amide bonds.